The standard InChI is InChI=1S/C13H21NO3S/c1-14-9-11-4-5-13(17-3)12(8-11)10-18(15)7-6-16-2/h4-5,8,14H,6-7,9-10H2,1-3H3. The first-order chi connectivity index (χ1) is 8.71. The van der Waals surface area contributed by atoms with Crippen molar-refractivity contribution < 1.29 is 13.7 Å². The summed E-state index contributed by atoms with van der Waals surface area (Å²) in [6.07, 6.45) is 0. The zero-order valence-corrected chi connectivity index (χ0v) is 12.0. The average molecular weight is 271 g/mol. The summed E-state index contributed by atoms with van der Waals surface area (Å²) in [7, 11) is 4.23. The van der Waals surface area contributed by atoms with Crippen LogP contribution in [0.2, 0.25) is 0 Å². The molecule has 1 rings (SSSR count). The molecule has 1 aromatic carbocycles. The Morgan fingerprint density at radius 1 is 1.33 bits per heavy atom. The Balaban J connectivity index is 2.77. The molecule has 0 aliphatic carbocycles. The molecule has 1 atom stereocenters. The molecule has 0 fully saturated rings. The zero-order chi connectivity index (χ0) is 13.4. The van der Waals surface area contributed by atoms with Crippen LogP contribution in [-0.4, -0.2) is 37.8 Å². The van der Waals surface area contributed by atoms with Gasteiger partial charge in [-0.05, 0) is 24.7 Å². The normalized spacial score (nSPS) is 12.4. The highest BCUT2D eigenvalue weighted by Gasteiger charge is 2.08. The average Bonchev–Trinajstić information content (AvgIpc) is 2.37. The Morgan fingerprint density at radius 3 is 2.72 bits per heavy atom. The van der Waals surface area contributed by atoms with Crippen molar-refractivity contribution in [3.63, 3.8) is 0 Å². The Bertz CT molecular complexity index is 396. The van der Waals surface area contributed by atoms with Crippen LogP contribution in [0.15, 0.2) is 18.2 Å². The predicted octanol–water partition coefficient (Wildman–Crippen LogP) is 1.31. The largest absolute Gasteiger partial charge is 0.496 e. The highest BCUT2D eigenvalue weighted by Crippen LogP contribution is 2.21. The maximum absolute atomic E-state index is 11.9. The van der Waals surface area contributed by atoms with Crippen molar-refractivity contribution in [1.29, 1.82) is 0 Å². The van der Waals surface area contributed by atoms with Crippen molar-refractivity contribution in [1.82, 2.24) is 5.32 Å². The third-order valence-electron chi connectivity index (χ3n) is 2.56. The fourth-order valence-corrected chi connectivity index (χ4v) is 2.75. The summed E-state index contributed by atoms with van der Waals surface area (Å²) < 4.78 is 22.1. The molecule has 1 N–H and O–H groups in total. The van der Waals surface area contributed by atoms with Crippen molar-refractivity contribution in [2.24, 2.45) is 0 Å². The molecule has 0 aromatic heterocycles. The van der Waals surface area contributed by atoms with Gasteiger partial charge in [0.05, 0.1) is 19.5 Å². The topological polar surface area (TPSA) is 47.6 Å². The fraction of sp³-hybridized carbons (Fsp3) is 0.538. The van der Waals surface area contributed by atoms with Gasteiger partial charge in [-0.25, -0.2) is 0 Å². The van der Waals surface area contributed by atoms with Crippen molar-refractivity contribution >= 4 is 10.8 Å². The van der Waals surface area contributed by atoms with Crippen LogP contribution >= 0.6 is 0 Å². The van der Waals surface area contributed by atoms with Crippen LogP contribution in [0.4, 0.5) is 0 Å². The van der Waals surface area contributed by atoms with E-state index in [0.717, 1.165) is 23.4 Å². The maximum atomic E-state index is 11.9. The van der Waals surface area contributed by atoms with Gasteiger partial charge in [-0.2, -0.15) is 0 Å². The van der Waals surface area contributed by atoms with Crippen LogP contribution in [0.5, 0.6) is 5.75 Å². The van der Waals surface area contributed by atoms with Crippen molar-refractivity contribution in [2.45, 2.75) is 12.3 Å². The van der Waals surface area contributed by atoms with E-state index in [1.54, 1.807) is 14.2 Å². The molecular formula is C13H21NO3S. The summed E-state index contributed by atoms with van der Waals surface area (Å²) >= 11 is 0. The van der Waals surface area contributed by atoms with Crippen LogP contribution < -0.4 is 10.1 Å². The summed E-state index contributed by atoms with van der Waals surface area (Å²) in [4.78, 5) is 0. The lowest BCUT2D eigenvalue weighted by molar-refractivity contribution is 0.218. The third-order valence-corrected chi connectivity index (χ3v) is 3.81. The first-order valence-corrected chi connectivity index (χ1v) is 7.34. The van der Waals surface area contributed by atoms with E-state index in [1.165, 1.54) is 0 Å². The van der Waals surface area contributed by atoms with E-state index in [0.29, 0.717) is 18.1 Å². The number of hydrogen-bond donors (Lipinski definition) is 1. The van der Waals surface area contributed by atoms with E-state index < -0.39 is 10.8 Å². The molecule has 1 aromatic rings. The molecule has 0 saturated carbocycles. The number of rotatable bonds is 8. The molecule has 0 aliphatic rings. The summed E-state index contributed by atoms with van der Waals surface area (Å²) in [5, 5.41) is 3.10. The molecule has 0 saturated heterocycles. The second kappa shape index (κ2) is 8.24. The van der Waals surface area contributed by atoms with E-state index in [-0.39, 0.29) is 0 Å². The molecule has 102 valence electrons. The van der Waals surface area contributed by atoms with Gasteiger partial charge in [0, 0.05) is 35.8 Å². The Labute approximate surface area is 111 Å². The lowest BCUT2D eigenvalue weighted by atomic mass is 10.1. The Morgan fingerprint density at radius 2 is 2.11 bits per heavy atom. The minimum absolute atomic E-state index is 0.504. The first-order valence-electron chi connectivity index (χ1n) is 5.85. The number of nitrogens with one attached hydrogen (secondary N) is 1. The SMILES string of the molecule is CNCc1ccc(OC)c(CS(=O)CCOC)c1. The van der Waals surface area contributed by atoms with E-state index >= 15 is 0 Å². The van der Waals surface area contributed by atoms with Crippen LogP contribution in [0.1, 0.15) is 11.1 Å². The predicted molar refractivity (Wildman–Crippen MR) is 74.3 cm³/mol. The fourth-order valence-electron chi connectivity index (χ4n) is 1.68. The highest BCUT2D eigenvalue weighted by molar-refractivity contribution is 7.84. The molecule has 0 spiro atoms. The van der Waals surface area contributed by atoms with Gasteiger partial charge in [0.25, 0.3) is 0 Å². The number of benzene rings is 1. The van der Waals surface area contributed by atoms with Crippen LogP contribution in [0.25, 0.3) is 0 Å². The summed E-state index contributed by atoms with van der Waals surface area (Å²) in [6.45, 7) is 1.31. The van der Waals surface area contributed by atoms with Crippen molar-refractivity contribution in [3.05, 3.63) is 29.3 Å². The quantitative estimate of drug-likeness (QED) is 0.774. The first kappa shape index (κ1) is 15.1. The maximum Gasteiger partial charge on any atom is 0.123 e. The van der Waals surface area contributed by atoms with Crippen LogP contribution in [0.3, 0.4) is 0 Å². The van der Waals surface area contributed by atoms with E-state index in [1.807, 2.05) is 25.2 Å². The van der Waals surface area contributed by atoms with Gasteiger partial charge in [0.1, 0.15) is 5.75 Å². The number of ether oxygens (including phenoxy) is 2. The summed E-state index contributed by atoms with van der Waals surface area (Å²) in [5.74, 6) is 1.85. The van der Waals surface area contributed by atoms with Gasteiger partial charge in [-0.3, -0.25) is 4.21 Å². The van der Waals surface area contributed by atoms with Crippen LogP contribution in [0, 0.1) is 0 Å². The van der Waals surface area contributed by atoms with Crippen molar-refractivity contribution in [2.75, 3.05) is 33.6 Å². The van der Waals surface area contributed by atoms with Gasteiger partial charge in [-0.1, -0.05) is 6.07 Å². The summed E-state index contributed by atoms with van der Waals surface area (Å²) in [5.41, 5.74) is 2.15. The number of hydrogen-bond acceptors (Lipinski definition) is 4. The molecule has 0 radical (unpaired) electrons. The molecule has 0 aliphatic heterocycles. The minimum Gasteiger partial charge on any atom is -0.496 e. The molecule has 18 heavy (non-hydrogen) atoms. The van der Waals surface area contributed by atoms with Crippen molar-refractivity contribution in [3.8, 4) is 5.75 Å². The van der Waals surface area contributed by atoms with Gasteiger partial charge >= 0.3 is 0 Å². The molecule has 0 heterocycles. The van der Waals surface area contributed by atoms with E-state index in [4.69, 9.17) is 9.47 Å². The third kappa shape index (κ3) is 4.76. The van der Waals surface area contributed by atoms with Gasteiger partial charge < -0.3 is 14.8 Å². The zero-order valence-electron chi connectivity index (χ0n) is 11.2. The lowest BCUT2D eigenvalue weighted by Gasteiger charge is -2.10. The van der Waals surface area contributed by atoms with Crippen LogP contribution in [-0.2, 0) is 27.8 Å². The Kier molecular flexibility index (Phi) is 6.93. The van der Waals surface area contributed by atoms with Gasteiger partial charge in [0.2, 0.25) is 0 Å². The molecule has 1 unspecified atom stereocenters. The molecule has 0 bridgehead atoms. The lowest BCUT2D eigenvalue weighted by Crippen LogP contribution is -2.09. The van der Waals surface area contributed by atoms with Gasteiger partial charge in [-0.15, -0.1) is 0 Å². The molecule has 4 nitrogen and oxygen atoms in total. The smallest absolute Gasteiger partial charge is 0.123 e. The molecular weight excluding hydrogens is 250 g/mol. The van der Waals surface area contributed by atoms with E-state index in [9.17, 15) is 4.21 Å². The molecule has 0 amide bonds. The minimum atomic E-state index is -0.920. The highest BCUT2D eigenvalue weighted by atomic mass is 32.2. The van der Waals surface area contributed by atoms with Gasteiger partial charge in [0.15, 0.2) is 0 Å². The Hall–Kier alpha value is -0.910. The second-order valence-electron chi connectivity index (χ2n) is 3.96. The van der Waals surface area contributed by atoms with E-state index in [2.05, 4.69) is 5.32 Å². The second-order valence-corrected chi connectivity index (χ2v) is 5.53. The monoisotopic (exact) mass is 271 g/mol. The molecule has 5 heteroatoms. The summed E-state index contributed by atoms with van der Waals surface area (Å²) in [6, 6.07) is 5.98. The number of methoxy groups -OCH3 is 2.